The van der Waals surface area contributed by atoms with Gasteiger partial charge < -0.3 is 20.3 Å². The van der Waals surface area contributed by atoms with Gasteiger partial charge in [0.25, 0.3) is 0 Å². The molecule has 0 bridgehead atoms. The van der Waals surface area contributed by atoms with Gasteiger partial charge >= 0.3 is 0 Å². The molecule has 1 unspecified atom stereocenters. The molecule has 0 aliphatic heterocycles. The van der Waals surface area contributed by atoms with Crippen LogP contribution in [0.2, 0.25) is 0 Å². The average molecular weight is 272 g/mol. The Morgan fingerprint density at radius 2 is 2.26 bits per heavy atom. The van der Waals surface area contributed by atoms with Crippen LogP contribution in [0.25, 0.3) is 0 Å². The van der Waals surface area contributed by atoms with E-state index in [9.17, 15) is 5.11 Å². The Kier molecular flexibility index (Phi) is 8.31. The van der Waals surface area contributed by atoms with Crippen molar-refractivity contribution in [2.45, 2.75) is 31.9 Å². The van der Waals surface area contributed by atoms with Crippen LogP contribution in [0.15, 0.2) is 6.20 Å². The summed E-state index contributed by atoms with van der Waals surface area (Å²) < 4.78 is 11.7. The van der Waals surface area contributed by atoms with Crippen LogP contribution in [-0.2, 0) is 22.4 Å². The van der Waals surface area contributed by atoms with Crippen LogP contribution in [0.5, 0.6) is 0 Å². The first-order valence-corrected chi connectivity index (χ1v) is 6.60. The van der Waals surface area contributed by atoms with E-state index in [-0.39, 0.29) is 6.61 Å². The van der Waals surface area contributed by atoms with Crippen LogP contribution < -0.4 is 5.73 Å². The van der Waals surface area contributed by atoms with Crippen molar-refractivity contribution in [2.75, 3.05) is 33.5 Å². The number of rotatable bonds is 11. The minimum Gasteiger partial charge on any atom is -0.389 e. The van der Waals surface area contributed by atoms with Crippen molar-refractivity contribution in [1.29, 1.82) is 0 Å². The van der Waals surface area contributed by atoms with E-state index in [1.54, 1.807) is 11.8 Å². The van der Waals surface area contributed by atoms with Crippen molar-refractivity contribution in [1.82, 2.24) is 15.0 Å². The van der Waals surface area contributed by atoms with Crippen molar-refractivity contribution >= 4 is 0 Å². The van der Waals surface area contributed by atoms with E-state index in [1.165, 1.54) is 0 Å². The van der Waals surface area contributed by atoms with E-state index in [0.717, 1.165) is 25.0 Å². The summed E-state index contributed by atoms with van der Waals surface area (Å²) in [5.74, 6) is 0. The highest BCUT2D eigenvalue weighted by molar-refractivity contribution is 4.92. The summed E-state index contributed by atoms with van der Waals surface area (Å²) in [6.45, 7) is 2.37. The quantitative estimate of drug-likeness (QED) is 0.531. The van der Waals surface area contributed by atoms with Gasteiger partial charge in [-0.15, -0.1) is 5.10 Å². The third kappa shape index (κ3) is 7.22. The van der Waals surface area contributed by atoms with E-state index in [0.29, 0.717) is 26.3 Å². The molecule has 110 valence electrons. The van der Waals surface area contributed by atoms with Gasteiger partial charge in [0.05, 0.1) is 38.2 Å². The number of aromatic nitrogens is 3. The molecule has 0 aliphatic carbocycles. The third-order valence-corrected chi connectivity index (χ3v) is 2.61. The Morgan fingerprint density at radius 1 is 1.42 bits per heavy atom. The van der Waals surface area contributed by atoms with Crippen molar-refractivity contribution in [2.24, 2.45) is 5.73 Å². The third-order valence-electron chi connectivity index (χ3n) is 2.61. The molecule has 1 heterocycles. The molecule has 19 heavy (non-hydrogen) atoms. The Bertz CT molecular complexity index is 333. The molecule has 0 aromatic carbocycles. The topological polar surface area (TPSA) is 95.4 Å². The molecule has 0 radical (unpaired) electrons. The zero-order valence-corrected chi connectivity index (χ0v) is 11.5. The van der Waals surface area contributed by atoms with E-state index >= 15 is 0 Å². The standard InChI is InChI=1S/C12H24N4O3/c1-18-6-7-19-10-12(17)9-16-8-11(14-15-16)4-2-3-5-13/h8,12,17H,2-7,9-10,13H2,1H3. The van der Waals surface area contributed by atoms with Crippen molar-refractivity contribution in [3.05, 3.63) is 11.9 Å². The first-order valence-electron chi connectivity index (χ1n) is 6.60. The number of aliphatic hydroxyl groups is 1. The Hall–Kier alpha value is -1.02. The van der Waals surface area contributed by atoms with Gasteiger partial charge in [-0.3, -0.25) is 0 Å². The number of hydrogen-bond donors (Lipinski definition) is 2. The highest BCUT2D eigenvalue weighted by Crippen LogP contribution is 2.01. The summed E-state index contributed by atoms with van der Waals surface area (Å²) in [6, 6.07) is 0. The molecule has 1 aromatic rings. The second-order valence-electron chi connectivity index (χ2n) is 4.40. The number of methoxy groups -OCH3 is 1. The molecule has 0 spiro atoms. The smallest absolute Gasteiger partial charge is 0.0969 e. The summed E-state index contributed by atoms with van der Waals surface area (Å²) >= 11 is 0. The first-order chi connectivity index (χ1) is 9.26. The predicted octanol–water partition coefficient (Wildman–Crippen LogP) is -0.417. The minimum atomic E-state index is -0.588. The summed E-state index contributed by atoms with van der Waals surface area (Å²) in [6.07, 6.45) is 4.14. The van der Waals surface area contributed by atoms with E-state index in [4.69, 9.17) is 15.2 Å². The van der Waals surface area contributed by atoms with Crippen LogP contribution in [0.1, 0.15) is 18.5 Å². The molecule has 7 heteroatoms. The number of unbranched alkanes of at least 4 members (excludes halogenated alkanes) is 1. The zero-order valence-electron chi connectivity index (χ0n) is 11.5. The fraction of sp³-hybridized carbons (Fsp3) is 0.833. The lowest BCUT2D eigenvalue weighted by molar-refractivity contribution is 0.00579. The van der Waals surface area contributed by atoms with Gasteiger partial charge in [-0.05, 0) is 25.8 Å². The van der Waals surface area contributed by atoms with Gasteiger partial charge in [-0.25, -0.2) is 4.68 Å². The van der Waals surface area contributed by atoms with Gasteiger partial charge in [0.2, 0.25) is 0 Å². The molecule has 7 nitrogen and oxygen atoms in total. The maximum atomic E-state index is 9.75. The maximum absolute atomic E-state index is 9.75. The van der Waals surface area contributed by atoms with Crippen molar-refractivity contribution in [3.63, 3.8) is 0 Å². The molecule has 1 atom stereocenters. The maximum Gasteiger partial charge on any atom is 0.0969 e. The number of aryl methyl sites for hydroxylation is 1. The molecule has 0 fully saturated rings. The highest BCUT2D eigenvalue weighted by Gasteiger charge is 2.07. The predicted molar refractivity (Wildman–Crippen MR) is 70.7 cm³/mol. The Morgan fingerprint density at radius 3 is 3.00 bits per heavy atom. The van der Waals surface area contributed by atoms with Crippen LogP contribution in [0.4, 0.5) is 0 Å². The summed E-state index contributed by atoms with van der Waals surface area (Å²) in [7, 11) is 1.61. The lowest BCUT2D eigenvalue weighted by Gasteiger charge is -2.10. The number of aliphatic hydroxyl groups excluding tert-OH is 1. The van der Waals surface area contributed by atoms with Crippen LogP contribution in [-0.4, -0.2) is 59.7 Å². The normalized spacial score (nSPS) is 12.8. The van der Waals surface area contributed by atoms with Crippen molar-refractivity contribution < 1.29 is 14.6 Å². The van der Waals surface area contributed by atoms with E-state index in [2.05, 4.69) is 10.3 Å². The zero-order chi connectivity index (χ0) is 13.9. The molecule has 0 saturated heterocycles. The van der Waals surface area contributed by atoms with Crippen LogP contribution >= 0.6 is 0 Å². The molecule has 1 rings (SSSR count). The van der Waals surface area contributed by atoms with Gasteiger partial charge in [-0.2, -0.15) is 0 Å². The van der Waals surface area contributed by atoms with Crippen LogP contribution in [0, 0.1) is 0 Å². The first kappa shape index (κ1) is 16.0. The van der Waals surface area contributed by atoms with Gasteiger partial charge in [0.15, 0.2) is 0 Å². The summed E-state index contributed by atoms with van der Waals surface area (Å²) in [5, 5.41) is 17.8. The van der Waals surface area contributed by atoms with Crippen molar-refractivity contribution in [3.8, 4) is 0 Å². The molecule has 0 amide bonds. The molecular weight excluding hydrogens is 248 g/mol. The SMILES string of the molecule is COCCOCC(O)Cn1cc(CCCCN)nn1. The van der Waals surface area contributed by atoms with Gasteiger partial charge in [0, 0.05) is 13.3 Å². The number of ether oxygens (including phenoxy) is 2. The summed E-state index contributed by atoms with van der Waals surface area (Å²) in [4.78, 5) is 0. The highest BCUT2D eigenvalue weighted by atomic mass is 16.5. The Labute approximate surface area is 113 Å². The number of nitrogens with zero attached hydrogens (tertiary/aromatic N) is 3. The van der Waals surface area contributed by atoms with Gasteiger partial charge in [0.1, 0.15) is 0 Å². The fourth-order valence-corrected chi connectivity index (χ4v) is 1.62. The second kappa shape index (κ2) is 9.85. The Balaban J connectivity index is 2.20. The monoisotopic (exact) mass is 272 g/mol. The molecule has 0 saturated carbocycles. The average Bonchev–Trinajstić information content (AvgIpc) is 2.83. The van der Waals surface area contributed by atoms with E-state index in [1.807, 2.05) is 6.20 Å². The number of nitrogens with two attached hydrogens (primary N) is 1. The fourth-order valence-electron chi connectivity index (χ4n) is 1.62. The van der Waals surface area contributed by atoms with Crippen LogP contribution in [0.3, 0.4) is 0 Å². The lowest BCUT2D eigenvalue weighted by Crippen LogP contribution is -2.23. The largest absolute Gasteiger partial charge is 0.389 e. The van der Waals surface area contributed by atoms with E-state index < -0.39 is 6.10 Å². The minimum absolute atomic E-state index is 0.270. The molecule has 3 N–H and O–H groups in total. The molecule has 1 aromatic heterocycles. The molecule has 0 aliphatic rings. The number of hydrogen-bond acceptors (Lipinski definition) is 6. The molecular formula is C12H24N4O3. The lowest BCUT2D eigenvalue weighted by atomic mass is 10.2. The summed E-state index contributed by atoms with van der Waals surface area (Å²) in [5.41, 5.74) is 6.37. The second-order valence-corrected chi connectivity index (χ2v) is 4.40. The van der Waals surface area contributed by atoms with Gasteiger partial charge in [-0.1, -0.05) is 5.21 Å².